The first kappa shape index (κ1) is 16.9. The Balaban J connectivity index is 2.81. The van der Waals surface area contributed by atoms with Crippen molar-refractivity contribution in [2.75, 3.05) is 6.61 Å². The van der Waals surface area contributed by atoms with Crippen molar-refractivity contribution in [1.82, 2.24) is 0 Å². The van der Waals surface area contributed by atoms with Crippen LogP contribution in [-0.4, -0.2) is 19.8 Å². The molecule has 2 heteroatoms. The van der Waals surface area contributed by atoms with E-state index in [-0.39, 0.29) is 6.61 Å². The predicted octanol–water partition coefficient (Wildman–Crippen LogP) is 4.75. The van der Waals surface area contributed by atoms with Gasteiger partial charge in [0, 0.05) is 6.61 Å². The molecule has 20 heavy (non-hydrogen) atoms. The van der Waals surface area contributed by atoms with Crippen molar-refractivity contribution >= 4 is 8.07 Å². The quantitative estimate of drug-likeness (QED) is 0.567. The van der Waals surface area contributed by atoms with Gasteiger partial charge >= 0.3 is 0 Å². The lowest BCUT2D eigenvalue weighted by atomic mass is 10.00. The summed E-state index contributed by atoms with van der Waals surface area (Å²) in [7, 11) is -1.23. The maximum absolute atomic E-state index is 8.98. The number of aryl methyl sites for hydroxylation is 1. The van der Waals surface area contributed by atoms with E-state index >= 15 is 0 Å². The second-order valence-corrected chi connectivity index (χ2v) is 11.4. The lowest BCUT2D eigenvalue weighted by Crippen LogP contribution is -2.17. The third-order valence-corrected chi connectivity index (χ3v) is 4.43. The summed E-state index contributed by atoms with van der Waals surface area (Å²) in [6, 6.07) is 10.7. The molecule has 0 spiro atoms. The van der Waals surface area contributed by atoms with Gasteiger partial charge in [-0.05, 0) is 31.7 Å². The van der Waals surface area contributed by atoms with E-state index < -0.39 is 8.07 Å². The summed E-state index contributed by atoms with van der Waals surface area (Å²) < 4.78 is 0. The highest BCUT2D eigenvalue weighted by Crippen LogP contribution is 2.21. The van der Waals surface area contributed by atoms with Crippen molar-refractivity contribution in [3.05, 3.63) is 58.8 Å². The number of aliphatic hydroxyl groups excluding tert-OH is 1. The fourth-order valence-electron chi connectivity index (χ4n) is 2.24. The summed E-state index contributed by atoms with van der Waals surface area (Å²) in [4.78, 5) is 0. The smallest absolute Gasteiger partial charge is 0.0690 e. The zero-order valence-electron chi connectivity index (χ0n) is 13.3. The fourth-order valence-corrected chi connectivity index (χ4v) is 3.66. The summed E-state index contributed by atoms with van der Waals surface area (Å²) >= 11 is 0. The molecular formula is C18H28OSi. The van der Waals surface area contributed by atoms with Crippen LogP contribution in [0, 0.1) is 0 Å². The van der Waals surface area contributed by atoms with Gasteiger partial charge in [0.2, 0.25) is 0 Å². The zero-order chi connectivity index (χ0) is 15.0. The lowest BCUT2D eigenvalue weighted by Gasteiger charge is -2.16. The zero-order valence-corrected chi connectivity index (χ0v) is 14.3. The van der Waals surface area contributed by atoms with Crippen LogP contribution in [0.1, 0.15) is 25.3 Å². The molecule has 1 aromatic rings. The maximum atomic E-state index is 8.98. The molecule has 110 valence electrons. The first-order valence-corrected chi connectivity index (χ1v) is 11.0. The average molecular weight is 289 g/mol. The maximum Gasteiger partial charge on any atom is 0.0690 e. The summed E-state index contributed by atoms with van der Waals surface area (Å²) in [6.07, 6.45) is 5.08. The van der Waals surface area contributed by atoms with Gasteiger partial charge in [-0.25, -0.2) is 0 Å². The van der Waals surface area contributed by atoms with Crippen molar-refractivity contribution in [1.29, 1.82) is 0 Å². The molecule has 0 fully saturated rings. The molecular weight excluding hydrogens is 260 g/mol. The Morgan fingerprint density at radius 3 is 2.35 bits per heavy atom. The van der Waals surface area contributed by atoms with Crippen molar-refractivity contribution in [2.24, 2.45) is 0 Å². The second-order valence-electron chi connectivity index (χ2n) is 6.42. The van der Waals surface area contributed by atoms with Crippen LogP contribution in [0.2, 0.25) is 19.6 Å². The van der Waals surface area contributed by atoms with E-state index in [1.54, 1.807) is 0 Å². The van der Waals surface area contributed by atoms with Crippen LogP contribution in [0.5, 0.6) is 0 Å². The number of hydrogen-bond donors (Lipinski definition) is 1. The Bertz CT molecular complexity index is 452. The minimum absolute atomic E-state index is 0.232. The monoisotopic (exact) mass is 288 g/mol. The first-order valence-electron chi connectivity index (χ1n) is 7.46. The van der Waals surface area contributed by atoms with E-state index in [1.165, 1.54) is 16.7 Å². The van der Waals surface area contributed by atoms with E-state index in [9.17, 15) is 0 Å². The number of allylic oxidation sites excluding steroid dienone is 2. The van der Waals surface area contributed by atoms with Gasteiger partial charge in [-0.15, -0.1) is 0 Å². The Labute approximate surface area is 125 Å². The molecule has 0 aromatic heterocycles. The van der Waals surface area contributed by atoms with Crippen molar-refractivity contribution in [3.8, 4) is 0 Å². The molecule has 0 aliphatic rings. The SMILES string of the molecule is CC(=C\CCO)/C(=C\[Si](C)(C)C)CCc1ccccc1. The molecule has 1 rings (SSSR count). The van der Waals surface area contributed by atoms with Crippen LogP contribution in [0.4, 0.5) is 0 Å². The number of aliphatic hydroxyl groups is 1. The molecule has 0 radical (unpaired) electrons. The Kier molecular flexibility index (Phi) is 6.96. The topological polar surface area (TPSA) is 20.2 Å². The van der Waals surface area contributed by atoms with E-state index in [0.717, 1.165) is 19.3 Å². The molecule has 0 unspecified atom stereocenters. The molecule has 0 aliphatic heterocycles. The fraction of sp³-hybridized carbons (Fsp3) is 0.444. The van der Waals surface area contributed by atoms with Crippen molar-refractivity contribution in [2.45, 2.75) is 45.8 Å². The van der Waals surface area contributed by atoms with E-state index in [4.69, 9.17) is 5.11 Å². The van der Waals surface area contributed by atoms with Crippen LogP contribution in [-0.2, 0) is 6.42 Å². The van der Waals surface area contributed by atoms with Crippen LogP contribution < -0.4 is 0 Å². The largest absolute Gasteiger partial charge is 0.396 e. The highest BCUT2D eigenvalue weighted by Gasteiger charge is 2.12. The first-order chi connectivity index (χ1) is 9.42. The summed E-state index contributed by atoms with van der Waals surface area (Å²) in [5, 5.41) is 8.98. The molecule has 0 heterocycles. The van der Waals surface area contributed by atoms with Gasteiger partial charge in [0.25, 0.3) is 0 Å². The minimum Gasteiger partial charge on any atom is -0.396 e. The van der Waals surface area contributed by atoms with Crippen LogP contribution in [0.15, 0.2) is 53.3 Å². The van der Waals surface area contributed by atoms with Gasteiger partial charge in [-0.1, -0.05) is 72.9 Å². The van der Waals surface area contributed by atoms with Gasteiger partial charge < -0.3 is 5.11 Å². The van der Waals surface area contributed by atoms with Crippen molar-refractivity contribution < 1.29 is 5.11 Å². The van der Waals surface area contributed by atoms with Crippen LogP contribution in [0.25, 0.3) is 0 Å². The molecule has 0 saturated heterocycles. The summed E-state index contributed by atoms with van der Waals surface area (Å²) in [5.41, 5.74) is 6.68. The molecule has 0 saturated carbocycles. The normalized spacial score (nSPS) is 13.7. The second kappa shape index (κ2) is 8.23. The highest BCUT2D eigenvalue weighted by atomic mass is 28.3. The Hall–Kier alpha value is -1.12. The van der Waals surface area contributed by atoms with E-state index in [2.05, 4.69) is 68.7 Å². The standard InChI is InChI=1S/C18H28OSi/c1-16(9-8-14-19)18(15-20(2,3)4)13-12-17-10-6-5-7-11-17/h5-7,9-11,15,19H,8,12-14H2,1-4H3/b16-9+,18-15-. The molecule has 0 amide bonds. The summed E-state index contributed by atoms with van der Waals surface area (Å²) in [6.45, 7) is 9.52. The van der Waals surface area contributed by atoms with E-state index in [1.807, 2.05) is 0 Å². The van der Waals surface area contributed by atoms with Gasteiger partial charge in [-0.3, -0.25) is 0 Å². The minimum atomic E-state index is -1.23. The predicted molar refractivity (Wildman–Crippen MR) is 91.7 cm³/mol. The Morgan fingerprint density at radius 1 is 1.15 bits per heavy atom. The third kappa shape index (κ3) is 6.87. The third-order valence-electron chi connectivity index (χ3n) is 3.22. The molecule has 0 bridgehead atoms. The van der Waals surface area contributed by atoms with Crippen molar-refractivity contribution in [3.63, 3.8) is 0 Å². The van der Waals surface area contributed by atoms with Gasteiger partial charge in [0.05, 0.1) is 8.07 Å². The van der Waals surface area contributed by atoms with Crippen LogP contribution >= 0.6 is 0 Å². The molecule has 1 aromatic carbocycles. The molecule has 0 atom stereocenters. The molecule has 0 aliphatic carbocycles. The number of hydrogen-bond acceptors (Lipinski definition) is 1. The van der Waals surface area contributed by atoms with E-state index in [0.29, 0.717) is 0 Å². The van der Waals surface area contributed by atoms with Gasteiger partial charge in [-0.2, -0.15) is 0 Å². The number of rotatable bonds is 7. The molecule has 1 N–H and O–H groups in total. The molecule has 1 nitrogen and oxygen atoms in total. The lowest BCUT2D eigenvalue weighted by molar-refractivity contribution is 0.302. The van der Waals surface area contributed by atoms with Gasteiger partial charge in [0.1, 0.15) is 0 Å². The summed E-state index contributed by atoms with van der Waals surface area (Å²) in [5.74, 6) is 0. The Morgan fingerprint density at radius 2 is 1.80 bits per heavy atom. The average Bonchev–Trinajstić information content (AvgIpc) is 2.40. The number of benzene rings is 1. The van der Waals surface area contributed by atoms with Crippen LogP contribution in [0.3, 0.4) is 0 Å². The van der Waals surface area contributed by atoms with Gasteiger partial charge in [0.15, 0.2) is 0 Å². The highest BCUT2D eigenvalue weighted by molar-refractivity contribution is 6.81.